The Morgan fingerprint density at radius 3 is 2.80 bits per heavy atom. The maximum absolute atomic E-state index is 13.3. The standard InChI is InChI=1S/C12H7ClFN3O3/c13-9-4-3-7(17(19)20)6-10(9)16-12(18)8-2-1-5-15-11(8)14/h1-6H,(H,16,18). The van der Waals surface area contributed by atoms with E-state index in [1.807, 2.05) is 0 Å². The number of nitro groups is 1. The minimum atomic E-state index is -0.938. The van der Waals surface area contributed by atoms with Crippen molar-refractivity contribution in [1.82, 2.24) is 4.98 Å². The van der Waals surface area contributed by atoms with Gasteiger partial charge in [-0.3, -0.25) is 14.9 Å². The lowest BCUT2D eigenvalue weighted by molar-refractivity contribution is -0.384. The van der Waals surface area contributed by atoms with Crippen molar-refractivity contribution in [2.75, 3.05) is 5.32 Å². The molecule has 0 saturated carbocycles. The van der Waals surface area contributed by atoms with Gasteiger partial charge in [-0.25, -0.2) is 4.98 Å². The highest BCUT2D eigenvalue weighted by molar-refractivity contribution is 6.34. The minimum Gasteiger partial charge on any atom is -0.320 e. The number of nitrogens with one attached hydrogen (secondary N) is 1. The van der Waals surface area contributed by atoms with Gasteiger partial charge in [0.15, 0.2) is 0 Å². The lowest BCUT2D eigenvalue weighted by Gasteiger charge is -2.07. The summed E-state index contributed by atoms with van der Waals surface area (Å²) in [7, 11) is 0. The highest BCUT2D eigenvalue weighted by atomic mass is 35.5. The molecule has 0 saturated heterocycles. The summed E-state index contributed by atoms with van der Waals surface area (Å²) in [5.74, 6) is -1.73. The van der Waals surface area contributed by atoms with Gasteiger partial charge in [0.25, 0.3) is 11.6 Å². The zero-order chi connectivity index (χ0) is 14.7. The molecule has 2 aromatic rings. The van der Waals surface area contributed by atoms with Crippen LogP contribution in [-0.2, 0) is 0 Å². The number of halogens is 2. The fourth-order valence-corrected chi connectivity index (χ4v) is 1.63. The molecule has 0 unspecified atom stereocenters. The number of anilines is 1. The number of non-ortho nitro benzene ring substituents is 1. The first-order valence-corrected chi connectivity index (χ1v) is 5.72. The molecule has 102 valence electrons. The van der Waals surface area contributed by atoms with Gasteiger partial charge >= 0.3 is 0 Å². The van der Waals surface area contributed by atoms with E-state index in [2.05, 4.69) is 10.3 Å². The maximum atomic E-state index is 13.3. The number of nitrogens with zero attached hydrogens (tertiary/aromatic N) is 2. The molecule has 0 aliphatic rings. The maximum Gasteiger partial charge on any atom is 0.271 e. The van der Waals surface area contributed by atoms with Gasteiger partial charge in [0.2, 0.25) is 5.95 Å². The molecule has 20 heavy (non-hydrogen) atoms. The third-order valence-electron chi connectivity index (χ3n) is 2.41. The van der Waals surface area contributed by atoms with Crippen molar-refractivity contribution in [1.29, 1.82) is 0 Å². The first-order valence-electron chi connectivity index (χ1n) is 5.35. The largest absolute Gasteiger partial charge is 0.320 e. The molecule has 0 bridgehead atoms. The lowest BCUT2D eigenvalue weighted by Crippen LogP contribution is -2.14. The molecular weight excluding hydrogens is 289 g/mol. The summed E-state index contributed by atoms with van der Waals surface area (Å²) in [6.45, 7) is 0. The zero-order valence-corrected chi connectivity index (χ0v) is 10.6. The van der Waals surface area contributed by atoms with Gasteiger partial charge in [-0.2, -0.15) is 4.39 Å². The van der Waals surface area contributed by atoms with Crippen molar-refractivity contribution in [3.8, 4) is 0 Å². The molecule has 0 aliphatic heterocycles. The molecule has 0 aliphatic carbocycles. The monoisotopic (exact) mass is 295 g/mol. The zero-order valence-electron chi connectivity index (χ0n) is 9.84. The fourth-order valence-electron chi connectivity index (χ4n) is 1.47. The number of nitro benzene ring substituents is 1. The highest BCUT2D eigenvalue weighted by Gasteiger charge is 2.16. The normalized spacial score (nSPS) is 10.1. The van der Waals surface area contributed by atoms with E-state index >= 15 is 0 Å². The predicted molar refractivity (Wildman–Crippen MR) is 70.3 cm³/mol. The second-order valence-electron chi connectivity index (χ2n) is 3.72. The molecule has 0 spiro atoms. The second kappa shape index (κ2) is 5.62. The SMILES string of the molecule is O=C(Nc1cc([N+](=O)[O-])ccc1Cl)c1cccnc1F. The molecule has 0 fully saturated rings. The van der Waals surface area contributed by atoms with E-state index in [9.17, 15) is 19.3 Å². The van der Waals surface area contributed by atoms with Crippen LogP contribution in [0.2, 0.25) is 5.02 Å². The molecule has 0 atom stereocenters. The van der Waals surface area contributed by atoms with Crippen LogP contribution in [0, 0.1) is 16.1 Å². The van der Waals surface area contributed by atoms with Crippen LogP contribution >= 0.6 is 11.6 Å². The van der Waals surface area contributed by atoms with Crippen LogP contribution in [0.4, 0.5) is 15.8 Å². The quantitative estimate of drug-likeness (QED) is 0.536. The van der Waals surface area contributed by atoms with E-state index in [4.69, 9.17) is 11.6 Å². The number of benzene rings is 1. The predicted octanol–water partition coefficient (Wildman–Crippen LogP) is 3.03. The number of rotatable bonds is 3. The van der Waals surface area contributed by atoms with Crippen molar-refractivity contribution < 1.29 is 14.1 Å². The van der Waals surface area contributed by atoms with Crippen molar-refractivity contribution in [2.45, 2.75) is 0 Å². The van der Waals surface area contributed by atoms with Crippen molar-refractivity contribution >= 4 is 28.9 Å². The number of aromatic nitrogens is 1. The molecule has 1 aromatic heterocycles. The van der Waals surface area contributed by atoms with Gasteiger partial charge in [0.05, 0.1) is 21.2 Å². The summed E-state index contributed by atoms with van der Waals surface area (Å²) in [6, 6.07) is 6.20. The number of carbonyl (C=O) groups is 1. The molecule has 1 amide bonds. The smallest absolute Gasteiger partial charge is 0.271 e. The number of amides is 1. The minimum absolute atomic E-state index is 0.0223. The third-order valence-corrected chi connectivity index (χ3v) is 2.74. The average Bonchev–Trinajstić information content (AvgIpc) is 2.41. The van der Waals surface area contributed by atoms with E-state index in [1.54, 1.807) is 0 Å². The molecule has 1 N–H and O–H groups in total. The van der Waals surface area contributed by atoms with Crippen LogP contribution in [-0.4, -0.2) is 15.8 Å². The second-order valence-corrected chi connectivity index (χ2v) is 4.12. The van der Waals surface area contributed by atoms with Crippen molar-refractivity contribution in [3.63, 3.8) is 0 Å². The molecule has 6 nitrogen and oxygen atoms in total. The topological polar surface area (TPSA) is 85.1 Å². The van der Waals surface area contributed by atoms with E-state index in [-0.39, 0.29) is 22.0 Å². The number of pyridine rings is 1. The van der Waals surface area contributed by atoms with Gasteiger partial charge in [0.1, 0.15) is 0 Å². The molecule has 0 radical (unpaired) electrons. The van der Waals surface area contributed by atoms with Gasteiger partial charge in [0, 0.05) is 18.3 Å². The Hall–Kier alpha value is -2.54. The Morgan fingerprint density at radius 2 is 2.15 bits per heavy atom. The molecular formula is C12H7ClFN3O3. The first-order chi connectivity index (χ1) is 9.49. The number of hydrogen-bond acceptors (Lipinski definition) is 4. The molecule has 1 aromatic carbocycles. The van der Waals surface area contributed by atoms with E-state index in [1.165, 1.54) is 30.5 Å². The number of hydrogen-bond donors (Lipinski definition) is 1. The molecule has 2 rings (SSSR count). The highest BCUT2D eigenvalue weighted by Crippen LogP contribution is 2.27. The molecule has 8 heteroatoms. The van der Waals surface area contributed by atoms with Crippen molar-refractivity contribution in [3.05, 3.63) is 63.2 Å². The lowest BCUT2D eigenvalue weighted by atomic mass is 10.2. The van der Waals surface area contributed by atoms with Gasteiger partial charge in [-0.15, -0.1) is 0 Å². The van der Waals surface area contributed by atoms with Crippen LogP contribution < -0.4 is 5.32 Å². The van der Waals surface area contributed by atoms with Crippen molar-refractivity contribution in [2.24, 2.45) is 0 Å². The average molecular weight is 296 g/mol. The Balaban J connectivity index is 2.30. The van der Waals surface area contributed by atoms with E-state index in [0.29, 0.717) is 0 Å². The Bertz CT molecular complexity index is 693. The third kappa shape index (κ3) is 2.89. The summed E-state index contributed by atoms with van der Waals surface area (Å²) in [5.41, 5.74) is -0.499. The Morgan fingerprint density at radius 1 is 1.40 bits per heavy atom. The van der Waals surface area contributed by atoms with Crippen LogP contribution in [0.3, 0.4) is 0 Å². The van der Waals surface area contributed by atoms with Gasteiger partial charge in [-0.1, -0.05) is 11.6 Å². The van der Waals surface area contributed by atoms with Crippen LogP contribution in [0.25, 0.3) is 0 Å². The molecule has 1 heterocycles. The van der Waals surface area contributed by atoms with Gasteiger partial charge in [-0.05, 0) is 18.2 Å². The van der Waals surface area contributed by atoms with E-state index in [0.717, 1.165) is 6.07 Å². The summed E-state index contributed by atoms with van der Waals surface area (Å²) in [6.07, 6.45) is 1.20. The van der Waals surface area contributed by atoms with Crippen LogP contribution in [0.15, 0.2) is 36.5 Å². The van der Waals surface area contributed by atoms with Gasteiger partial charge < -0.3 is 5.32 Å². The Kier molecular flexibility index (Phi) is 3.90. The van der Waals surface area contributed by atoms with E-state index < -0.39 is 16.8 Å². The van der Waals surface area contributed by atoms with Crippen LogP contribution in [0.1, 0.15) is 10.4 Å². The van der Waals surface area contributed by atoms with Crippen LogP contribution in [0.5, 0.6) is 0 Å². The number of carbonyl (C=O) groups excluding carboxylic acids is 1. The first kappa shape index (κ1) is 13.9. The summed E-state index contributed by atoms with van der Waals surface area (Å²) in [4.78, 5) is 25.2. The Labute approximate surface area is 117 Å². The summed E-state index contributed by atoms with van der Waals surface area (Å²) in [5, 5.41) is 13.1. The summed E-state index contributed by atoms with van der Waals surface area (Å²) < 4.78 is 13.3. The summed E-state index contributed by atoms with van der Waals surface area (Å²) >= 11 is 5.83. The fraction of sp³-hybridized carbons (Fsp3) is 0.